The smallest absolute Gasteiger partial charge is 0.492 e. The summed E-state index contributed by atoms with van der Waals surface area (Å²) in [4.78, 5) is 2.42. The van der Waals surface area contributed by atoms with Crippen LogP contribution in [0.15, 0.2) is 48.5 Å². The van der Waals surface area contributed by atoms with E-state index in [1.165, 1.54) is 57.8 Å². The lowest BCUT2D eigenvalue weighted by Gasteiger charge is -2.39. The van der Waals surface area contributed by atoms with E-state index in [2.05, 4.69) is 37.8 Å². The van der Waals surface area contributed by atoms with Crippen LogP contribution in [-0.4, -0.2) is 62.3 Å². The fraction of sp³-hybridized carbons (Fsp3) is 0.625. The molecule has 1 aliphatic heterocycles. The number of rotatable bonds is 17. The number of para-hydroxylation sites is 2. The Morgan fingerprint density at radius 1 is 0.718 bits per heavy atom. The molecule has 39 heavy (non-hydrogen) atoms. The standard InChI is InChI=1S/C32H50BNO5/c1-4-5-6-7-8-9-10-11-12-17-22-34-29(23-36-31-20-15-13-18-27(31)2)25-38-33(35)39-26-30(34)24-37-32-21-16-14-19-28(32)3/h13-16,18-21,29-30,35H,4-12,17,22-26H2,1-3H3. The van der Waals surface area contributed by atoms with E-state index in [1.807, 2.05) is 36.4 Å². The Morgan fingerprint density at radius 3 is 1.62 bits per heavy atom. The summed E-state index contributed by atoms with van der Waals surface area (Å²) in [6, 6.07) is 16.1. The first kappa shape index (κ1) is 31.5. The van der Waals surface area contributed by atoms with Gasteiger partial charge in [-0.25, -0.2) is 0 Å². The minimum Gasteiger partial charge on any atom is -0.492 e. The largest absolute Gasteiger partial charge is 0.636 e. The second kappa shape index (κ2) is 18.3. The van der Waals surface area contributed by atoms with Crippen molar-refractivity contribution in [2.24, 2.45) is 0 Å². The summed E-state index contributed by atoms with van der Waals surface area (Å²) in [5, 5.41) is 10.2. The van der Waals surface area contributed by atoms with E-state index in [9.17, 15) is 5.02 Å². The molecule has 0 aliphatic carbocycles. The van der Waals surface area contributed by atoms with Crippen molar-refractivity contribution in [3.63, 3.8) is 0 Å². The van der Waals surface area contributed by atoms with E-state index >= 15 is 0 Å². The van der Waals surface area contributed by atoms with Crippen LogP contribution in [-0.2, 0) is 9.31 Å². The third-order valence-electron chi connectivity index (χ3n) is 7.62. The van der Waals surface area contributed by atoms with Crippen molar-refractivity contribution < 1.29 is 23.8 Å². The van der Waals surface area contributed by atoms with Gasteiger partial charge in [0.1, 0.15) is 24.7 Å². The van der Waals surface area contributed by atoms with Crippen LogP contribution in [0.25, 0.3) is 0 Å². The Kier molecular flexibility index (Phi) is 14.8. The molecule has 3 rings (SSSR count). The van der Waals surface area contributed by atoms with E-state index in [0.717, 1.165) is 35.6 Å². The van der Waals surface area contributed by atoms with Crippen LogP contribution in [0.3, 0.4) is 0 Å². The van der Waals surface area contributed by atoms with Crippen molar-refractivity contribution in [2.75, 3.05) is 33.0 Å². The molecule has 216 valence electrons. The molecule has 2 aromatic rings. The molecule has 0 saturated carbocycles. The third-order valence-corrected chi connectivity index (χ3v) is 7.62. The summed E-state index contributed by atoms with van der Waals surface area (Å²) in [5.74, 6) is 1.76. The lowest BCUT2D eigenvalue weighted by atomic mass is 10.1. The average molecular weight is 540 g/mol. The predicted octanol–water partition coefficient (Wildman–Crippen LogP) is 6.75. The lowest BCUT2D eigenvalue weighted by molar-refractivity contribution is -0.0255. The van der Waals surface area contributed by atoms with Crippen molar-refractivity contribution in [2.45, 2.75) is 97.1 Å². The Bertz CT molecular complexity index is 867. The van der Waals surface area contributed by atoms with Gasteiger partial charge in [0, 0.05) is 0 Å². The third kappa shape index (κ3) is 11.5. The normalized spacial score (nSPS) is 18.5. The van der Waals surface area contributed by atoms with E-state index in [0.29, 0.717) is 26.4 Å². The van der Waals surface area contributed by atoms with Gasteiger partial charge < -0.3 is 23.8 Å². The Balaban J connectivity index is 1.61. The number of aryl methyl sites for hydroxylation is 2. The van der Waals surface area contributed by atoms with Gasteiger partial charge in [0.15, 0.2) is 0 Å². The van der Waals surface area contributed by atoms with Gasteiger partial charge in [-0.3, -0.25) is 4.90 Å². The zero-order chi connectivity index (χ0) is 27.7. The van der Waals surface area contributed by atoms with Crippen LogP contribution in [0.1, 0.15) is 82.3 Å². The highest BCUT2D eigenvalue weighted by Crippen LogP contribution is 2.22. The molecule has 0 aromatic heterocycles. The highest BCUT2D eigenvalue weighted by Gasteiger charge is 2.34. The molecule has 0 amide bonds. The molecular weight excluding hydrogens is 489 g/mol. The maximum absolute atomic E-state index is 10.2. The minimum absolute atomic E-state index is 0.0350. The summed E-state index contributed by atoms with van der Waals surface area (Å²) < 4.78 is 23.9. The number of ether oxygens (including phenoxy) is 2. The van der Waals surface area contributed by atoms with Crippen LogP contribution in [0, 0.1) is 13.8 Å². The summed E-state index contributed by atoms with van der Waals surface area (Å²) in [7, 11) is -1.24. The molecule has 2 aromatic carbocycles. The van der Waals surface area contributed by atoms with Gasteiger partial charge in [0.25, 0.3) is 0 Å². The zero-order valence-corrected chi connectivity index (χ0v) is 24.5. The van der Waals surface area contributed by atoms with E-state index in [4.69, 9.17) is 18.8 Å². The van der Waals surface area contributed by atoms with Gasteiger partial charge in [-0.15, -0.1) is 0 Å². The first-order valence-corrected chi connectivity index (χ1v) is 15.1. The van der Waals surface area contributed by atoms with Crippen molar-refractivity contribution in [1.29, 1.82) is 0 Å². The molecule has 2 atom stereocenters. The van der Waals surface area contributed by atoms with Crippen LogP contribution < -0.4 is 9.47 Å². The van der Waals surface area contributed by atoms with Crippen LogP contribution in [0.2, 0.25) is 0 Å². The topological polar surface area (TPSA) is 60.4 Å². The molecule has 0 spiro atoms. The molecule has 2 unspecified atom stereocenters. The second-order valence-corrected chi connectivity index (χ2v) is 10.9. The number of nitrogens with zero attached hydrogens (tertiary/aromatic N) is 1. The summed E-state index contributed by atoms with van der Waals surface area (Å²) in [6.45, 7) is 8.88. The van der Waals surface area contributed by atoms with Crippen molar-refractivity contribution in [1.82, 2.24) is 4.90 Å². The zero-order valence-electron chi connectivity index (χ0n) is 24.5. The number of hydrogen-bond acceptors (Lipinski definition) is 6. The van der Waals surface area contributed by atoms with E-state index < -0.39 is 7.32 Å². The quantitative estimate of drug-likeness (QED) is 0.177. The van der Waals surface area contributed by atoms with E-state index in [-0.39, 0.29) is 12.1 Å². The summed E-state index contributed by atoms with van der Waals surface area (Å²) in [5.41, 5.74) is 2.21. The van der Waals surface area contributed by atoms with Crippen molar-refractivity contribution >= 4 is 7.32 Å². The molecule has 7 heteroatoms. The van der Waals surface area contributed by atoms with Gasteiger partial charge in [0.05, 0.1) is 25.3 Å². The number of hydrogen-bond donors (Lipinski definition) is 1. The molecule has 1 N–H and O–H groups in total. The maximum Gasteiger partial charge on any atom is 0.636 e. The fourth-order valence-electron chi connectivity index (χ4n) is 5.17. The molecular formula is C32H50BNO5. The summed E-state index contributed by atoms with van der Waals surface area (Å²) in [6.07, 6.45) is 13.0. The number of benzene rings is 2. The predicted molar refractivity (Wildman–Crippen MR) is 159 cm³/mol. The molecule has 6 nitrogen and oxygen atoms in total. The van der Waals surface area contributed by atoms with Crippen LogP contribution in [0.4, 0.5) is 0 Å². The van der Waals surface area contributed by atoms with E-state index in [1.54, 1.807) is 0 Å². The monoisotopic (exact) mass is 539 g/mol. The van der Waals surface area contributed by atoms with Crippen molar-refractivity contribution in [3.05, 3.63) is 59.7 Å². The maximum atomic E-state index is 10.2. The van der Waals surface area contributed by atoms with Crippen LogP contribution >= 0.6 is 0 Å². The Morgan fingerprint density at radius 2 is 1.15 bits per heavy atom. The van der Waals surface area contributed by atoms with Gasteiger partial charge in [-0.2, -0.15) is 0 Å². The lowest BCUT2D eigenvalue weighted by Crippen LogP contribution is -2.56. The van der Waals surface area contributed by atoms with Gasteiger partial charge in [0.2, 0.25) is 0 Å². The molecule has 1 saturated heterocycles. The highest BCUT2D eigenvalue weighted by molar-refractivity contribution is 6.34. The highest BCUT2D eigenvalue weighted by atomic mass is 16.7. The molecule has 1 fully saturated rings. The van der Waals surface area contributed by atoms with Crippen LogP contribution in [0.5, 0.6) is 11.5 Å². The summed E-state index contributed by atoms with van der Waals surface area (Å²) >= 11 is 0. The molecule has 1 heterocycles. The number of unbranched alkanes of at least 4 members (excludes halogenated alkanes) is 9. The average Bonchev–Trinajstić information content (AvgIpc) is 2.93. The van der Waals surface area contributed by atoms with Gasteiger partial charge >= 0.3 is 7.32 Å². The SMILES string of the molecule is CCCCCCCCCCCCN1C(COc2ccccc2C)COB(O)OCC1COc1ccccc1C. The second-order valence-electron chi connectivity index (χ2n) is 10.9. The Hall–Kier alpha value is -2.06. The Labute approximate surface area is 237 Å². The molecule has 1 aliphatic rings. The van der Waals surface area contributed by atoms with Gasteiger partial charge in [-0.05, 0) is 50.1 Å². The molecule has 0 radical (unpaired) electrons. The first-order chi connectivity index (χ1) is 19.1. The fourth-order valence-corrected chi connectivity index (χ4v) is 5.17. The van der Waals surface area contributed by atoms with Gasteiger partial charge in [-0.1, -0.05) is 101 Å². The molecule has 0 bridgehead atoms. The minimum atomic E-state index is -1.24. The first-order valence-electron chi connectivity index (χ1n) is 15.1. The van der Waals surface area contributed by atoms with Crippen molar-refractivity contribution in [3.8, 4) is 11.5 Å².